The average molecular weight is 223 g/mol. The molecule has 3 aromatic rings. The van der Waals surface area contributed by atoms with Crippen LogP contribution >= 0.6 is 0 Å². The third-order valence-corrected chi connectivity index (χ3v) is 2.66. The van der Waals surface area contributed by atoms with Gasteiger partial charge in [0.15, 0.2) is 0 Å². The second-order valence-electron chi connectivity index (χ2n) is 3.72. The first-order valence-corrected chi connectivity index (χ1v) is 5.21. The molecule has 0 atom stereocenters. The Hall–Kier alpha value is -2.49. The van der Waals surface area contributed by atoms with Crippen LogP contribution in [0.3, 0.4) is 0 Å². The minimum Gasteiger partial charge on any atom is -0.507 e. The molecule has 0 aliphatic carbocycles. The Kier molecular flexibility index (Phi) is 2.19. The van der Waals surface area contributed by atoms with Crippen molar-refractivity contribution in [3.8, 4) is 17.0 Å². The summed E-state index contributed by atoms with van der Waals surface area (Å²) in [4.78, 5) is 0. The first kappa shape index (κ1) is 9.72. The molecular formula is C13H9N3O. The first-order chi connectivity index (χ1) is 8.34. The lowest BCUT2D eigenvalue weighted by molar-refractivity contribution is 0.481. The van der Waals surface area contributed by atoms with Gasteiger partial charge in [0.2, 0.25) is 0 Å². The fraction of sp³-hybridized carbons (Fsp3) is 0. The van der Waals surface area contributed by atoms with Gasteiger partial charge in [0.25, 0.3) is 0 Å². The second-order valence-corrected chi connectivity index (χ2v) is 3.72. The Morgan fingerprint density at radius 1 is 1.00 bits per heavy atom. The quantitative estimate of drug-likeness (QED) is 0.688. The number of aromatic hydroxyl groups is 1. The predicted molar refractivity (Wildman–Crippen MR) is 64.4 cm³/mol. The van der Waals surface area contributed by atoms with Crippen molar-refractivity contribution in [2.75, 3.05) is 0 Å². The second kappa shape index (κ2) is 3.83. The molecule has 0 amide bonds. The van der Waals surface area contributed by atoms with Gasteiger partial charge in [0.1, 0.15) is 5.75 Å². The molecule has 17 heavy (non-hydrogen) atoms. The Bertz CT molecular complexity index is 668. The van der Waals surface area contributed by atoms with Gasteiger partial charge < -0.3 is 5.11 Å². The minimum absolute atomic E-state index is 0.270. The van der Waals surface area contributed by atoms with E-state index < -0.39 is 0 Å². The molecule has 0 unspecified atom stereocenters. The lowest BCUT2D eigenvalue weighted by Crippen LogP contribution is -1.89. The molecule has 4 nitrogen and oxygen atoms in total. The third-order valence-electron chi connectivity index (χ3n) is 2.66. The molecule has 0 saturated heterocycles. The fourth-order valence-corrected chi connectivity index (χ4v) is 1.81. The highest BCUT2D eigenvalue weighted by molar-refractivity contribution is 5.91. The van der Waals surface area contributed by atoms with E-state index in [-0.39, 0.29) is 5.75 Å². The largest absolute Gasteiger partial charge is 0.507 e. The van der Waals surface area contributed by atoms with Gasteiger partial charge in [-0.05, 0) is 28.8 Å². The van der Waals surface area contributed by atoms with Crippen molar-refractivity contribution in [3.63, 3.8) is 0 Å². The topological polar surface area (TPSA) is 58.9 Å². The molecule has 3 rings (SSSR count). The predicted octanol–water partition coefficient (Wildman–Crippen LogP) is 2.40. The number of phenolic OH excluding ortho intramolecular Hbond substituents is 1. The number of phenols is 1. The van der Waals surface area contributed by atoms with Gasteiger partial charge in [0, 0.05) is 10.9 Å². The van der Waals surface area contributed by atoms with E-state index in [1.165, 1.54) is 0 Å². The number of aromatic nitrogens is 3. The van der Waals surface area contributed by atoms with Gasteiger partial charge >= 0.3 is 0 Å². The van der Waals surface area contributed by atoms with Gasteiger partial charge in [-0.25, -0.2) is 0 Å². The Morgan fingerprint density at radius 2 is 1.94 bits per heavy atom. The van der Waals surface area contributed by atoms with E-state index in [0.717, 1.165) is 22.0 Å². The van der Waals surface area contributed by atoms with Crippen LogP contribution in [0.4, 0.5) is 0 Å². The van der Waals surface area contributed by atoms with E-state index in [4.69, 9.17) is 0 Å². The molecule has 0 aliphatic rings. The van der Waals surface area contributed by atoms with Crippen LogP contribution in [-0.2, 0) is 0 Å². The molecule has 0 radical (unpaired) electrons. The van der Waals surface area contributed by atoms with Crippen molar-refractivity contribution in [2.24, 2.45) is 0 Å². The van der Waals surface area contributed by atoms with E-state index in [0.29, 0.717) is 0 Å². The summed E-state index contributed by atoms with van der Waals surface area (Å²) in [5.74, 6) is 0.270. The summed E-state index contributed by atoms with van der Waals surface area (Å²) in [6.07, 6.45) is 1.59. The van der Waals surface area contributed by atoms with Gasteiger partial charge in [-0.2, -0.15) is 0 Å². The van der Waals surface area contributed by atoms with Crippen LogP contribution in [0.2, 0.25) is 0 Å². The smallest absolute Gasteiger partial charge is 0.123 e. The molecule has 0 spiro atoms. The molecule has 2 aromatic carbocycles. The summed E-state index contributed by atoms with van der Waals surface area (Å²) in [6, 6.07) is 13.0. The SMILES string of the molecule is Oc1cccc2ccc(-c3ccnnn3)cc12. The van der Waals surface area contributed by atoms with Gasteiger partial charge in [-0.3, -0.25) is 0 Å². The number of fused-ring (bicyclic) bond motifs is 1. The van der Waals surface area contributed by atoms with E-state index in [1.807, 2.05) is 30.3 Å². The summed E-state index contributed by atoms with van der Waals surface area (Å²) in [7, 11) is 0. The maximum atomic E-state index is 9.79. The average Bonchev–Trinajstić information content (AvgIpc) is 2.40. The Morgan fingerprint density at radius 3 is 2.76 bits per heavy atom. The number of benzene rings is 2. The van der Waals surface area contributed by atoms with Crippen molar-refractivity contribution < 1.29 is 5.11 Å². The van der Waals surface area contributed by atoms with E-state index in [9.17, 15) is 5.11 Å². The van der Waals surface area contributed by atoms with E-state index in [1.54, 1.807) is 18.3 Å². The third kappa shape index (κ3) is 1.69. The summed E-state index contributed by atoms with van der Waals surface area (Å²) < 4.78 is 0. The summed E-state index contributed by atoms with van der Waals surface area (Å²) in [5.41, 5.74) is 1.65. The molecule has 82 valence electrons. The van der Waals surface area contributed by atoms with Gasteiger partial charge in [-0.1, -0.05) is 24.3 Å². The zero-order chi connectivity index (χ0) is 11.7. The normalized spacial score (nSPS) is 10.6. The highest BCUT2D eigenvalue weighted by atomic mass is 16.3. The summed E-state index contributed by atoms with van der Waals surface area (Å²) in [6.45, 7) is 0. The van der Waals surface area contributed by atoms with Crippen LogP contribution in [-0.4, -0.2) is 20.5 Å². The molecule has 0 saturated carbocycles. The van der Waals surface area contributed by atoms with Gasteiger partial charge in [0.05, 0.1) is 11.9 Å². The number of hydrogen-bond donors (Lipinski definition) is 1. The number of rotatable bonds is 1. The Balaban J connectivity index is 2.23. The van der Waals surface area contributed by atoms with Crippen molar-refractivity contribution >= 4 is 10.8 Å². The van der Waals surface area contributed by atoms with Gasteiger partial charge in [-0.15, -0.1) is 10.2 Å². The van der Waals surface area contributed by atoms with Crippen molar-refractivity contribution in [1.82, 2.24) is 15.4 Å². The molecule has 1 heterocycles. The van der Waals surface area contributed by atoms with Crippen molar-refractivity contribution in [3.05, 3.63) is 48.7 Å². The first-order valence-electron chi connectivity index (χ1n) is 5.21. The van der Waals surface area contributed by atoms with Crippen LogP contribution in [0, 0.1) is 0 Å². The fourth-order valence-electron chi connectivity index (χ4n) is 1.81. The lowest BCUT2D eigenvalue weighted by atomic mass is 10.0. The molecule has 1 aromatic heterocycles. The molecule has 0 bridgehead atoms. The van der Waals surface area contributed by atoms with E-state index >= 15 is 0 Å². The maximum Gasteiger partial charge on any atom is 0.123 e. The molecule has 0 fully saturated rings. The summed E-state index contributed by atoms with van der Waals surface area (Å²) >= 11 is 0. The molecule has 1 N–H and O–H groups in total. The van der Waals surface area contributed by atoms with Crippen molar-refractivity contribution in [1.29, 1.82) is 0 Å². The molecule has 0 aliphatic heterocycles. The minimum atomic E-state index is 0.270. The zero-order valence-electron chi connectivity index (χ0n) is 8.91. The zero-order valence-corrected chi connectivity index (χ0v) is 8.91. The maximum absolute atomic E-state index is 9.79. The standard InChI is InChI=1S/C13H9N3O/c17-13-3-1-2-9-4-5-10(8-11(9)13)12-6-7-14-16-15-12/h1-8,17H. The molecule has 4 heteroatoms. The summed E-state index contributed by atoms with van der Waals surface area (Å²) in [5, 5.41) is 22.8. The van der Waals surface area contributed by atoms with Crippen molar-refractivity contribution in [2.45, 2.75) is 0 Å². The van der Waals surface area contributed by atoms with Crippen LogP contribution in [0.1, 0.15) is 0 Å². The Labute approximate surface area is 97.6 Å². The number of nitrogens with zero attached hydrogens (tertiary/aromatic N) is 3. The number of hydrogen-bond acceptors (Lipinski definition) is 4. The van der Waals surface area contributed by atoms with E-state index in [2.05, 4.69) is 15.4 Å². The van der Waals surface area contributed by atoms with Crippen LogP contribution < -0.4 is 0 Å². The highest BCUT2D eigenvalue weighted by Gasteiger charge is 2.03. The van der Waals surface area contributed by atoms with Crippen LogP contribution in [0.15, 0.2) is 48.7 Å². The van der Waals surface area contributed by atoms with Crippen LogP contribution in [0.25, 0.3) is 22.0 Å². The monoisotopic (exact) mass is 223 g/mol. The van der Waals surface area contributed by atoms with Crippen LogP contribution in [0.5, 0.6) is 5.75 Å². The lowest BCUT2D eigenvalue weighted by Gasteiger charge is -2.03. The highest BCUT2D eigenvalue weighted by Crippen LogP contribution is 2.28. The molecular weight excluding hydrogens is 214 g/mol.